The first-order valence-electron chi connectivity index (χ1n) is 6.67. The molecular formula is C15H25Cl2NO2. The lowest BCUT2D eigenvalue weighted by Gasteiger charge is -2.25. The Morgan fingerprint density at radius 3 is 2.40 bits per heavy atom. The summed E-state index contributed by atoms with van der Waals surface area (Å²) in [5, 5.41) is 4.09. The Hall–Kier alpha value is -0.640. The molecule has 5 heteroatoms. The van der Waals surface area contributed by atoms with Crippen LogP contribution in [0.4, 0.5) is 0 Å². The zero-order chi connectivity index (χ0) is 14.5. The van der Waals surface area contributed by atoms with Crippen LogP contribution in [-0.4, -0.2) is 19.3 Å². The monoisotopic (exact) mass is 321 g/mol. The summed E-state index contributed by atoms with van der Waals surface area (Å²) in [4.78, 5) is 0. The van der Waals surface area contributed by atoms with Crippen molar-refractivity contribution in [2.24, 2.45) is 0 Å². The zero-order valence-electron chi connectivity index (χ0n) is 12.9. The Bertz CT molecular complexity index is 423. The van der Waals surface area contributed by atoms with E-state index in [0.29, 0.717) is 23.1 Å². The second-order valence-corrected chi connectivity index (χ2v) is 5.54. The van der Waals surface area contributed by atoms with Crippen molar-refractivity contribution in [3.05, 3.63) is 22.7 Å². The van der Waals surface area contributed by atoms with Crippen LogP contribution in [-0.2, 0) is 6.54 Å². The maximum atomic E-state index is 6.22. The second-order valence-electron chi connectivity index (χ2n) is 5.13. The van der Waals surface area contributed by atoms with E-state index in [-0.39, 0.29) is 17.9 Å². The summed E-state index contributed by atoms with van der Waals surface area (Å²) in [7, 11) is 1.60. The van der Waals surface area contributed by atoms with Crippen LogP contribution in [0.3, 0.4) is 0 Å². The average molecular weight is 322 g/mol. The van der Waals surface area contributed by atoms with Gasteiger partial charge in [0.15, 0.2) is 11.5 Å². The third kappa shape index (κ3) is 5.39. The van der Waals surface area contributed by atoms with Crippen molar-refractivity contribution in [3.8, 4) is 11.5 Å². The van der Waals surface area contributed by atoms with Crippen LogP contribution in [0.5, 0.6) is 11.5 Å². The molecule has 0 spiro atoms. The summed E-state index contributed by atoms with van der Waals surface area (Å²) in [6.45, 7) is 9.82. The first-order valence-corrected chi connectivity index (χ1v) is 7.05. The predicted molar refractivity (Wildman–Crippen MR) is 87.6 cm³/mol. The molecule has 0 aromatic heterocycles. The Morgan fingerprint density at radius 2 is 1.90 bits per heavy atom. The first kappa shape index (κ1) is 19.4. The van der Waals surface area contributed by atoms with Crippen molar-refractivity contribution in [2.45, 2.75) is 46.2 Å². The number of rotatable bonds is 7. The van der Waals surface area contributed by atoms with Gasteiger partial charge >= 0.3 is 0 Å². The minimum absolute atomic E-state index is 0. The summed E-state index contributed by atoms with van der Waals surface area (Å²) in [5.74, 6) is 1.30. The summed E-state index contributed by atoms with van der Waals surface area (Å²) < 4.78 is 10.8. The van der Waals surface area contributed by atoms with E-state index in [1.165, 1.54) is 0 Å². The number of nitrogens with one attached hydrogen (secondary N) is 1. The van der Waals surface area contributed by atoms with Crippen molar-refractivity contribution in [2.75, 3.05) is 13.7 Å². The van der Waals surface area contributed by atoms with Gasteiger partial charge in [0.2, 0.25) is 0 Å². The van der Waals surface area contributed by atoms with Crippen LogP contribution in [0.15, 0.2) is 12.1 Å². The van der Waals surface area contributed by atoms with Gasteiger partial charge in [0, 0.05) is 12.1 Å². The molecule has 116 valence electrons. The molecule has 1 aromatic rings. The van der Waals surface area contributed by atoms with Crippen LogP contribution in [0.1, 0.15) is 39.7 Å². The number of hydrogen-bond donors (Lipinski definition) is 1. The highest BCUT2D eigenvalue weighted by Gasteiger charge is 2.16. The van der Waals surface area contributed by atoms with Gasteiger partial charge in [-0.05, 0) is 44.9 Å². The predicted octanol–water partition coefficient (Wildman–Crippen LogP) is 4.45. The van der Waals surface area contributed by atoms with Gasteiger partial charge in [0.05, 0.1) is 18.7 Å². The number of hydrogen-bond acceptors (Lipinski definition) is 3. The molecule has 0 amide bonds. The maximum absolute atomic E-state index is 6.22. The number of benzene rings is 1. The number of ether oxygens (including phenoxy) is 2. The van der Waals surface area contributed by atoms with Crippen LogP contribution in [0, 0.1) is 0 Å². The fraction of sp³-hybridized carbons (Fsp3) is 0.600. The van der Waals surface area contributed by atoms with Crippen molar-refractivity contribution < 1.29 is 9.47 Å². The summed E-state index contributed by atoms with van der Waals surface area (Å²) >= 11 is 6.22. The lowest BCUT2D eigenvalue weighted by atomic mass is 10.0. The van der Waals surface area contributed by atoms with Gasteiger partial charge in [-0.15, -0.1) is 12.4 Å². The molecular weight excluding hydrogens is 297 g/mol. The van der Waals surface area contributed by atoms with Gasteiger partial charge in [0.25, 0.3) is 0 Å². The average Bonchev–Trinajstić information content (AvgIpc) is 2.37. The van der Waals surface area contributed by atoms with Crippen molar-refractivity contribution >= 4 is 24.0 Å². The summed E-state index contributed by atoms with van der Waals surface area (Å²) in [5.41, 5.74) is 1.20. The molecule has 3 nitrogen and oxygen atoms in total. The van der Waals surface area contributed by atoms with E-state index in [4.69, 9.17) is 21.1 Å². The number of halogens is 2. The molecule has 0 heterocycles. The lowest BCUT2D eigenvalue weighted by molar-refractivity contribution is 0.310. The topological polar surface area (TPSA) is 30.5 Å². The highest BCUT2D eigenvalue weighted by molar-refractivity contribution is 6.32. The summed E-state index contributed by atoms with van der Waals surface area (Å²) in [6, 6.07) is 3.90. The van der Waals surface area contributed by atoms with E-state index in [2.05, 4.69) is 26.1 Å². The molecule has 0 unspecified atom stereocenters. The Labute approximate surface area is 133 Å². The molecule has 0 saturated heterocycles. The zero-order valence-corrected chi connectivity index (χ0v) is 14.5. The van der Waals surface area contributed by atoms with E-state index < -0.39 is 0 Å². The fourth-order valence-electron chi connectivity index (χ4n) is 1.65. The second kappa shape index (κ2) is 8.60. The third-order valence-electron chi connectivity index (χ3n) is 3.23. The maximum Gasteiger partial charge on any atom is 0.179 e. The molecule has 0 bridgehead atoms. The molecule has 0 aliphatic rings. The van der Waals surface area contributed by atoms with Gasteiger partial charge in [-0.1, -0.05) is 18.5 Å². The minimum Gasteiger partial charge on any atom is -0.491 e. The smallest absolute Gasteiger partial charge is 0.179 e. The van der Waals surface area contributed by atoms with Crippen LogP contribution in [0.25, 0.3) is 0 Å². The van der Waals surface area contributed by atoms with Crippen molar-refractivity contribution in [1.82, 2.24) is 5.32 Å². The SMILES string of the molecule is CCOc1cc(CNC(C)(C)CC)cc(Cl)c1OC.Cl. The fourth-order valence-corrected chi connectivity index (χ4v) is 1.96. The highest BCUT2D eigenvalue weighted by Crippen LogP contribution is 2.36. The molecule has 0 aliphatic heterocycles. The molecule has 1 aromatic carbocycles. The molecule has 1 rings (SSSR count). The highest BCUT2D eigenvalue weighted by atomic mass is 35.5. The lowest BCUT2D eigenvalue weighted by Crippen LogP contribution is -2.37. The first-order chi connectivity index (χ1) is 8.93. The van der Waals surface area contributed by atoms with Gasteiger partial charge in [-0.3, -0.25) is 0 Å². The van der Waals surface area contributed by atoms with Crippen LogP contribution < -0.4 is 14.8 Å². The van der Waals surface area contributed by atoms with E-state index in [0.717, 1.165) is 18.5 Å². The molecule has 0 atom stereocenters. The molecule has 1 N–H and O–H groups in total. The molecule has 0 aliphatic carbocycles. The summed E-state index contributed by atoms with van der Waals surface area (Å²) in [6.07, 6.45) is 1.06. The van der Waals surface area contributed by atoms with Crippen molar-refractivity contribution in [3.63, 3.8) is 0 Å². The van der Waals surface area contributed by atoms with Gasteiger partial charge < -0.3 is 14.8 Å². The van der Waals surface area contributed by atoms with E-state index in [9.17, 15) is 0 Å². The van der Waals surface area contributed by atoms with E-state index >= 15 is 0 Å². The molecule has 0 radical (unpaired) electrons. The van der Waals surface area contributed by atoms with Gasteiger partial charge in [-0.25, -0.2) is 0 Å². The van der Waals surface area contributed by atoms with Gasteiger partial charge in [-0.2, -0.15) is 0 Å². The standard InChI is InChI=1S/C15H24ClNO2.ClH/c1-6-15(3,4)17-10-11-8-12(16)14(18-5)13(9-11)19-7-2;/h8-9,17H,6-7,10H2,1-5H3;1H. The molecule has 0 fully saturated rings. The van der Waals surface area contributed by atoms with Crippen molar-refractivity contribution in [1.29, 1.82) is 0 Å². The minimum atomic E-state index is 0. The van der Waals surface area contributed by atoms with Gasteiger partial charge in [0.1, 0.15) is 0 Å². The van der Waals surface area contributed by atoms with E-state index in [1.807, 2.05) is 19.1 Å². The Kier molecular flexibility index (Phi) is 8.33. The van der Waals surface area contributed by atoms with Crippen LogP contribution in [0.2, 0.25) is 5.02 Å². The number of methoxy groups -OCH3 is 1. The quantitative estimate of drug-likeness (QED) is 0.804. The largest absolute Gasteiger partial charge is 0.491 e. The normalized spacial score (nSPS) is 10.9. The van der Waals surface area contributed by atoms with E-state index in [1.54, 1.807) is 7.11 Å². The van der Waals surface area contributed by atoms with Crippen LogP contribution >= 0.6 is 24.0 Å². The molecule has 20 heavy (non-hydrogen) atoms. The Morgan fingerprint density at radius 1 is 1.25 bits per heavy atom. The molecule has 0 saturated carbocycles. The Balaban J connectivity index is 0.00000361. The third-order valence-corrected chi connectivity index (χ3v) is 3.51.